The molecule has 0 saturated heterocycles. The van der Waals surface area contributed by atoms with Crippen LogP contribution in [0.4, 0.5) is 0 Å². The number of amides is 1. The lowest BCUT2D eigenvalue weighted by Gasteiger charge is -2.18. The van der Waals surface area contributed by atoms with E-state index in [4.69, 9.17) is 9.15 Å². The second kappa shape index (κ2) is 9.61. The molecule has 0 unspecified atom stereocenters. The summed E-state index contributed by atoms with van der Waals surface area (Å²) in [6.45, 7) is 3.17. The van der Waals surface area contributed by atoms with Crippen LogP contribution in [0.1, 0.15) is 53.1 Å². The van der Waals surface area contributed by atoms with Crippen LogP contribution < -0.4 is 5.32 Å². The average molecular weight is 405 g/mol. The van der Waals surface area contributed by atoms with Crippen molar-refractivity contribution >= 4 is 11.9 Å². The highest BCUT2D eigenvalue weighted by Crippen LogP contribution is 2.26. The Labute approximate surface area is 174 Å². The number of nitrogens with zero attached hydrogens (tertiary/aromatic N) is 2. The molecule has 0 bridgehead atoms. The Hall–Kier alpha value is -3.79. The summed E-state index contributed by atoms with van der Waals surface area (Å²) in [6, 6.07) is 15.0. The Bertz CT molecular complexity index is 1050. The fourth-order valence-electron chi connectivity index (χ4n) is 3.27. The molecule has 154 valence electrons. The summed E-state index contributed by atoms with van der Waals surface area (Å²) in [7, 11) is 0. The maximum atomic E-state index is 12.6. The Balaban J connectivity index is 1.68. The van der Waals surface area contributed by atoms with Gasteiger partial charge in [-0.1, -0.05) is 43.7 Å². The molecule has 7 heteroatoms. The first kappa shape index (κ1) is 20.9. The van der Waals surface area contributed by atoms with E-state index >= 15 is 0 Å². The highest BCUT2D eigenvalue weighted by atomic mass is 16.5. The third-order valence-electron chi connectivity index (χ3n) is 4.67. The maximum absolute atomic E-state index is 12.6. The van der Waals surface area contributed by atoms with E-state index in [1.165, 1.54) is 0 Å². The van der Waals surface area contributed by atoms with Crippen LogP contribution in [0, 0.1) is 18.3 Å². The van der Waals surface area contributed by atoms with Crippen molar-refractivity contribution in [1.82, 2.24) is 9.88 Å². The molecule has 0 aliphatic rings. The maximum Gasteiger partial charge on any atom is 0.343 e. The first-order chi connectivity index (χ1) is 14.5. The number of aryl methyl sites for hydroxylation is 1. The lowest BCUT2D eigenvalue weighted by atomic mass is 10.0. The Morgan fingerprint density at radius 3 is 2.53 bits per heavy atom. The smallest absolute Gasteiger partial charge is 0.343 e. The molecular formula is C23H23N3O4. The van der Waals surface area contributed by atoms with E-state index in [-0.39, 0.29) is 28.8 Å². The second-order valence-electron chi connectivity index (χ2n) is 6.81. The van der Waals surface area contributed by atoms with Gasteiger partial charge in [0.25, 0.3) is 5.91 Å². The standard InChI is InChI=1S/C23H23N3O4/c1-3-9-19(17-10-5-4-6-11-17)25-20(27)15-29-23(28)21-16(2)30-22(18(21)14-24)26-12-7-8-13-26/h4-8,10-13,19H,3,9,15H2,1-2H3,(H,25,27)/t19-/m0/s1. The summed E-state index contributed by atoms with van der Waals surface area (Å²) >= 11 is 0. The molecule has 3 aromatic rings. The van der Waals surface area contributed by atoms with Crippen LogP contribution in [0.2, 0.25) is 0 Å². The predicted octanol–water partition coefficient (Wildman–Crippen LogP) is 4.06. The summed E-state index contributed by atoms with van der Waals surface area (Å²) in [4.78, 5) is 25.0. The SMILES string of the molecule is CCC[C@H](NC(=O)COC(=O)c1c(C)oc(-n2cccc2)c1C#N)c1ccccc1. The summed E-state index contributed by atoms with van der Waals surface area (Å²) in [5, 5.41) is 12.4. The summed E-state index contributed by atoms with van der Waals surface area (Å²) in [5.74, 6) is -0.679. The van der Waals surface area contributed by atoms with Gasteiger partial charge in [0.1, 0.15) is 23.0 Å². The molecule has 1 atom stereocenters. The summed E-state index contributed by atoms with van der Waals surface area (Å²) in [5.41, 5.74) is 1.09. The van der Waals surface area contributed by atoms with E-state index in [9.17, 15) is 14.9 Å². The minimum absolute atomic E-state index is 0.0298. The van der Waals surface area contributed by atoms with Crippen LogP contribution >= 0.6 is 0 Å². The number of rotatable bonds is 8. The summed E-state index contributed by atoms with van der Waals surface area (Å²) in [6.07, 6.45) is 5.07. The molecule has 0 fully saturated rings. The van der Waals surface area contributed by atoms with Crippen molar-refractivity contribution in [2.24, 2.45) is 0 Å². The topological polar surface area (TPSA) is 97.3 Å². The number of benzene rings is 1. The molecular weight excluding hydrogens is 382 g/mol. The lowest BCUT2D eigenvalue weighted by Crippen LogP contribution is -2.32. The number of nitriles is 1. The van der Waals surface area contributed by atoms with Crippen LogP contribution in [0.15, 0.2) is 59.3 Å². The van der Waals surface area contributed by atoms with E-state index in [1.54, 1.807) is 36.0 Å². The van der Waals surface area contributed by atoms with E-state index in [0.29, 0.717) is 0 Å². The van der Waals surface area contributed by atoms with E-state index < -0.39 is 18.5 Å². The van der Waals surface area contributed by atoms with Gasteiger partial charge in [-0.3, -0.25) is 9.36 Å². The molecule has 0 spiro atoms. The molecule has 3 rings (SSSR count). The number of nitrogens with one attached hydrogen (secondary N) is 1. The highest BCUT2D eigenvalue weighted by Gasteiger charge is 2.26. The molecule has 7 nitrogen and oxygen atoms in total. The minimum atomic E-state index is -0.770. The van der Waals surface area contributed by atoms with Crippen molar-refractivity contribution in [3.05, 3.63) is 77.3 Å². The Kier molecular flexibility index (Phi) is 6.71. The van der Waals surface area contributed by atoms with Gasteiger partial charge in [-0.25, -0.2) is 4.79 Å². The van der Waals surface area contributed by atoms with Crippen molar-refractivity contribution in [1.29, 1.82) is 5.26 Å². The molecule has 1 N–H and O–H groups in total. The van der Waals surface area contributed by atoms with Crippen LogP contribution in [-0.4, -0.2) is 23.1 Å². The molecule has 1 aromatic carbocycles. The van der Waals surface area contributed by atoms with Crippen LogP contribution in [0.5, 0.6) is 0 Å². The van der Waals surface area contributed by atoms with Crippen molar-refractivity contribution < 1.29 is 18.7 Å². The van der Waals surface area contributed by atoms with Crippen molar-refractivity contribution in [2.75, 3.05) is 6.61 Å². The molecule has 0 radical (unpaired) electrons. The first-order valence-electron chi connectivity index (χ1n) is 9.73. The zero-order valence-corrected chi connectivity index (χ0v) is 16.9. The van der Waals surface area contributed by atoms with Crippen LogP contribution in [-0.2, 0) is 9.53 Å². The van der Waals surface area contributed by atoms with Crippen molar-refractivity contribution in [2.45, 2.75) is 32.7 Å². The number of furan rings is 1. The van der Waals surface area contributed by atoms with Gasteiger partial charge in [0.2, 0.25) is 5.88 Å². The van der Waals surface area contributed by atoms with Crippen molar-refractivity contribution in [3.63, 3.8) is 0 Å². The fraction of sp³-hybridized carbons (Fsp3) is 0.261. The molecule has 0 saturated carbocycles. The lowest BCUT2D eigenvalue weighted by molar-refractivity contribution is -0.125. The largest absolute Gasteiger partial charge is 0.452 e. The minimum Gasteiger partial charge on any atom is -0.452 e. The Morgan fingerprint density at radius 2 is 1.90 bits per heavy atom. The van der Waals surface area contributed by atoms with Crippen LogP contribution in [0.25, 0.3) is 5.88 Å². The molecule has 2 heterocycles. The van der Waals surface area contributed by atoms with Gasteiger partial charge in [-0.15, -0.1) is 0 Å². The van der Waals surface area contributed by atoms with Gasteiger partial charge in [-0.05, 0) is 31.0 Å². The average Bonchev–Trinajstić information content (AvgIpc) is 3.39. The van der Waals surface area contributed by atoms with E-state index in [2.05, 4.69) is 5.32 Å². The predicted molar refractivity (Wildman–Crippen MR) is 110 cm³/mol. The van der Waals surface area contributed by atoms with Gasteiger partial charge in [0, 0.05) is 12.4 Å². The number of carbonyl (C=O) groups is 2. The van der Waals surface area contributed by atoms with Gasteiger partial charge >= 0.3 is 5.97 Å². The fourth-order valence-corrected chi connectivity index (χ4v) is 3.27. The van der Waals surface area contributed by atoms with E-state index in [0.717, 1.165) is 18.4 Å². The number of hydrogen-bond donors (Lipinski definition) is 1. The van der Waals surface area contributed by atoms with Gasteiger partial charge in [0.05, 0.1) is 6.04 Å². The number of ether oxygens (including phenoxy) is 1. The Morgan fingerprint density at radius 1 is 1.20 bits per heavy atom. The van der Waals surface area contributed by atoms with Crippen molar-refractivity contribution in [3.8, 4) is 12.0 Å². The number of esters is 1. The molecule has 1 amide bonds. The molecule has 0 aliphatic heterocycles. The number of carbonyl (C=O) groups excluding carboxylic acids is 2. The third-order valence-corrected chi connectivity index (χ3v) is 4.67. The zero-order chi connectivity index (χ0) is 21.5. The van der Waals surface area contributed by atoms with Gasteiger partial charge < -0.3 is 14.5 Å². The normalized spacial score (nSPS) is 11.5. The van der Waals surface area contributed by atoms with Gasteiger partial charge in [-0.2, -0.15) is 5.26 Å². The number of aromatic nitrogens is 1. The van der Waals surface area contributed by atoms with Gasteiger partial charge in [0.15, 0.2) is 6.61 Å². The first-order valence-corrected chi connectivity index (χ1v) is 9.73. The quantitative estimate of drug-likeness (QED) is 0.570. The van der Waals surface area contributed by atoms with E-state index in [1.807, 2.05) is 43.3 Å². The molecule has 0 aliphatic carbocycles. The number of hydrogen-bond acceptors (Lipinski definition) is 5. The summed E-state index contributed by atoms with van der Waals surface area (Å²) < 4.78 is 12.4. The molecule has 30 heavy (non-hydrogen) atoms. The highest BCUT2D eigenvalue weighted by molar-refractivity contribution is 5.95. The van der Waals surface area contributed by atoms with Crippen LogP contribution in [0.3, 0.4) is 0 Å². The monoisotopic (exact) mass is 405 g/mol. The molecule has 2 aromatic heterocycles. The third kappa shape index (κ3) is 4.61. The second-order valence-corrected chi connectivity index (χ2v) is 6.81. The zero-order valence-electron chi connectivity index (χ0n) is 16.9.